The van der Waals surface area contributed by atoms with Gasteiger partial charge >= 0.3 is 0 Å². The van der Waals surface area contributed by atoms with Crippen LogP contribution in [0.25, 0.3) is 0 Å². The van der Waals surface area contributed by atoms with Crippen molar-refractivity contribution in [2.75, 3.05) is 0 Å². The molecule has 0 saturated heterocycles. The van der Waals surface area contributed by atoms with E-state index in [2.05, 4.69) is 13.2 Å². The maximum atomic E-state index is 11.6. The summed E-state index contributed by atoms with van der Waals surface area (Å²) in [6, 6.07) is 9.31. The van der Waals surface area contributed by atoms with Gasteiger partial charge in [0, 0.05) is 12.0 Å². The highest BCUT2D eigenvalue weighted by atomic mass is 16.1. The monoisotopic (exact) mass is 186 g/mol. The van der Waals surface area contributed by atoms with Gasteiger partial charge < -0.3 is 0 Å². The number of carbonyl (C=O) groups is 1. The largest absolute Gasteiger partial charge is 0.294 e. The molecule has 0 saturated carbocycles. The molecule has 1 aromatic carbocycles. The molecule has 0 bridgehead atoms. The summed E-state index contributed by atoms with van der Waals surface area (Å²) >= 11 is 0. The Balaban J connectivity index is 2.52. The van der Waals surface area contributed by atoms with Crippen molar-refractivity contribution in [1.29, 1.82) is 0 Å². The SMILES string of the molecule is C=CC(=C)CCC(=O)c1ccccc1. The number of hydrogen-bond donors (Lipinski definition) is 0. The van der Waals surface area contributed by atoms with Crippen molar-refractivity contribution in [1.82, 2.24) is 0 Å². The molecule has 0 aliphatic rings. The highest BCUT2D eigenvalue weighted by Gasteiger charge is 2.04. The lowest BCUT2D eigenvalue weighted by molar-refractivity contribution is 0.0983. The minimum atomic E-state index is 0.161. The molecule has 0 spiro atoms. The second-order valence-electron chi connectivity index (χ2n) is 3.15. The van der Waals surface area contributed by atoms with Crippen molar-refractivity contribution in [2.24, 2.45) is 0 Å². The number of carbonyl (C=O) groups excluding carboxylic acids is 1. The van der Waals surface area contributed by atoms with E-state index < -0.39 is 0 Å². The Labute approximate surface area is 84.8 Å². The van der Waals surface area contributed by atoms with Crippen molar-refractivity contribution in [3.63, 3.8) is 0 Å². The second-order valence-corrected chi connectivity index (χ2v) is 3.15. The minimum Gasteiger partial charge on any atom is -0.294 e. The average Bonchev–Trinajstić information content (AvgIpc) is 2.26. The lowest BCUT2D eigenvalue weighted by atomic mass is 10.0. The summed E-state index contributed by atoms with van der Waals surface area (Å²) in [6.07, 6.45) is 2.89. The zero-order chi connectivity index (χ0) is 10.4. The van der Waals surface area contributed by atoms with Gasteiger partial charge in [-0.25, -0.2) is 0 Å². The van der Waals surface area contributed by atoms with Crippen molar-refractivity contribution in [2.45, 2.75) is 12.8 Å². The highest BCUT2D eigenvalue weighted by molar-refractivity contribution is 5.96. The molecule has 1 rings (SSSR count). The average molecular weight is 186 g/mol. The molecule has 0 fully saturated rings. The zero-order valence-electron chi connectivity index (χ0n) is 8.20. The Hall–Kier alpha value is -1.63. The zero-order valence-corrected chi connectivity index (χ0v) is 8.20. The number of rotatable bonds is 5. The summed E-state index contributed by atoms with van der Waals surface area (Å²) in [5, 5.41) is 0. The highest BCUT2D eigenvalue weighted by Crippen LogP contribution is 2.09. The summed E-state index contributed by atoms with van der Waals surface area (Å²) in [6.45, 7) is 7.37. The molecule has 0 radical (unpaired) electrons. The Bertz CT molecular complexity index is 336. The van der Waals surface area contributed by atoms with E-state index in [1.54, 1.807) is 6.08 Å². The van der Waals surface area contributed by atoms with Crippen LogP contribution in [0.5, 0.6) is 0 Å². The fourth-order valence-corrected chi connectivity index (χ4v) is 1.14. The standard InChI is InChI=1S/C13H14O/c1-3-11(2)9-10-13(14)12-7-5-4-6-8-12/h3-8H,1-2,9-10H2. The third-order valence-corrected chi connectivity index (χ3v) is 2.06. The molecule has 0 aliphatic heterocycles. The summed E-state index contributed by atoms with van der Waals surface area (Å²) < 4.78 is 0. The predicted octanol–water partition coefficient (Wildman–Crippen LogP) is 3.39. The maximum Gasteiger partial charge on any atom is 0.163 e. The van der Waals surface area contributed by atoms with Crippen molar-refractivity contribution < 1.29 is 4.79 Å². The van der Waals surface area contributed by atoms with Crippen LogP contribution < -0.4 is 0 Å². The molecule has 0 N–H and O–H groups in total. The molecule has 0 unspecified atom stereocenters. The Morgan fingerprint density at radius 2 is 1.86 bits per heavy atom. The number of benzene rings is 1. The molecule has 1 aromatic rings. The Morgan fingerprint density at radius 1 is 1.21 bits per heavy atom. The molecule has 72 valence electrons. The quantitative estimate of drug-likeness (QED) is 0.509. The van der Waals surface area contributed by atoms with Gasteiger partial charge in [0.1, 0.15) is 0 Å². The summed E-state index contributed by atoms with van der Waals surface area (Å²) in [5.41, 5.74) is 1.68. The van der Waals surface area contributed by atoms with E-state index in [4.69, 9.17) is 0 Å². The summed E-state index contributed by atoms with van der Waals surface area (Å²) in [5.74, 6) is 0.161. The first-order valence-electron chi connectivity index (χ1n) is 4.62. The van der Waals surface area contributed by atoms with E-state index in [9.17, 15) is 4.79 Å². The van der Waals surface area contributed by atoms with Crippen LogP contribution in [0.2, 0.25) is 0 Å². The van der Waals surface area contributed by atoms with E-state index >= 15 is 0 Å². The molecule has 0 aliphatic carbocycles. The van der Waals surface area contributed by atoms with Gasteiger partial charge in [0.2, 0.25) is 0 Å². The molecule has 0 amide bonds. The molecular weight excluding hydrogens is 172 g/mol. The van der Waals surface area contributed by atoms with Crippen molar-refractivity contribution in [3.8, 4) is 0 Å². The number of Topliss-reactive ketones (excluding diaryl/α,β-unsaturated/α-hetero) is 1. The lowest BCUT2D eigenvalue weighted by Crippen LogP contribution is -1.98. The van der Waals surface area contributed by atoms with Gasteiger partial charge in [0.15, 0.2) is 5.78 Å². The molecule has 0 heterocycles. The van der Waals surface area contributed by atoms with E-state index in [-0.39, 0.29) is 5.78 Å². The third-order valence-electron chi connectivity index (χ3n) is 2.06. The Kier molecular flexibility index (Phi) is 3.86. The van der Waals surface area contributed by atoms with Gasteiger partial charge in [-0.05, 0) is 6.42 Å². The first-order chi connectivity index (χ1) is 6.74. The van der Waals surface area contributed by atoms with Gasteiger partial charge in [-0.3, -0.25) is 4.79 Å². The lowest BCUT2D eigenvalue weighted by Gasteiger charge is -2.00. The third kappa shape index (κ3) is 3.02. The van der Waals surface area contributed by atoms with Gasteiger partial charge in [0.25, 0.3) is 0 Å². The molecule has 1 nitrogen and oxygen atoms in total. The summed E-state index contributed by atoms with van der Waals surface area (Å²) in [4.78, 5) is 11.6. The van der Waals surface area contributed by atoms with Crippen LogP contribution in [0.15, 0.2) is 55.1 Å². The normalized spacial score (nSPS) is 9.43. The fraction of sp³-hybridized carbons (Fsp3) is 0.154. The fourth-order valence-electron chi connectivity index (χ4n) is 1.14. The first kappa shape index (κ1) is 10.5. The summed E-state index contributed by atoms with van der Waals surface area (Å²) in [7, 11) is 0. The minimum absolute atomic E-state index is 0.161. The smallest absolute Gasteiger partial charge is 0.163 e. The maximum absolute atomic E-state index is 11.6. The van der Waals surface area contributed by atoms with Crippen LogP contribution in [0.1, 0.15) is 23.2 Å². The van der Waals surface area contributed by atoms with Crippen LogP contribution >= 0.6 is 0 Å². The second kappa shape index (κ2) is 5.18. The van der Waals surface area contributed by atoms with E-state index in [0.29, 0.717) is 12.8 Å². The molecule has 0 atom stereocenters. The molecule has 14 heavy (non-hydrogen) atoms. The number of hydrogen-bond acceptors (Lipinski definition) is 1. The van der Waals surface area contributed by atoms with Gasteiger partial charge in [-0.15, -0.1) is 0 Å². The van der Waals surface area contributed by atoms with Crippen LogP contribution in [0.3, 0.4) is 0 Å². The van der Waals surface area contributed by atoms with E-state index in [0.717, 1.165) is 11.1 Å². The number of ketones is 1. The first-order valence-corrected chi connectivity index (χ1v) is 4.62. The van der Waals surface area contributed by atoms with Gasteiger partial charge in [-0.2, -0.15) is 0 Å². The van der Waals surface area contributed by atoms with Crippen LogP contribution in [-0.4, -0.2) is 5.78 Å². The van der Waals surface area contributed by atoms with Crippen molar-refractivity contribution in [3.05, 3.63) is 60.7 Å². The molecular formula is C13H14O. The van der Waals surface area contributed by atoms with E-state index in [1.807, 2.05) is 30.3 Å². The van der Waals surface area contributed by atoms with Crippen LogP contribution in [0.4, 0.5) is 0 Å². The van der Waals surface area contributed by atoms with E-state index in [1.165, 1.54) is 0 Å². The Morgan fingerprint density at radius 3 is 2.43 bits per heavy atom. The van der Waals surface area contributed by atoms with Crippen molar-refractivity contribution >= 4 is 5.78 Å². The molecule has 0 aromatic heterocycles. The predicted molar refractivity (Wildman–Crippen MR) is 59.3 cm³/mol. The number of allylic oxidation sites excluding steroid dienone is 2. The van der Waals surface area contributed by atoms with Crippen LogP contribution in [0, 0.1) is 0 Å². The molecule has 1 heteroatoms. The van der Waals surface area contributed by atoms with Gasteiger partial charge in [-0.1, -0.05) is 55.1 Å². The van der Waals surface area contributed by atoms with Gasteiger partial charge in [0.05, 0.1) is 0 Å². The van der Waals surface area contributed by atoms with Crippen LogP contribution in [-0.2, 0) is 0 Å². The topological polar surface area (TPSA) is 17.1 Å².